The van der Waals surface area contributed by atoms with E-state index in [0.29, 0.717) is 0 Å². The lowest BCUT2D eigenvalue weighted by molar-refractivity contribution is 0.0130. The number of hydrogen-bond donors (Lipinski definition) is 1. The fourth-order valence-electron chi connectivity index (χ4n) is 2.92. The molecule has 4 heterocycles. The summed E-state index contributed by atoms with van der Waals surface area (Å²) in [6.07, 6.45) is 1.38. The molecule has 15 heavy (non-hydrogen) atoms. The van der Waals surface area contributed by atoms with E-state index < -0.39 is 0 Å². The van der Waals surface area contributed by atoms with E-state index in [4.69, 9.17) is 0 Å². The number of rotatable bonds is 3. The van der Waals surface area contributed by atoms with Gasteiger partial charge < -0.3 is 5.32 Å². The quantitative estimate of drug-likeness (QED) is 0.736. The molecule has 1 N–H and O–H groups in total. The Bertz CT molecular complexity index is 210. The Morgan fingerprint density at radius 2 is 2.07 bits per heavy atom. The van der Waals surface area contributed by atoms with Crippen molar-refractivity contribution in [3.63, 3.8) is 0 Å². The molecule has 0 aromatic rings. The zero-order valence-electron chi connectivity index (χ0n) is 9.32. The molecular formula is C11H21N3S. The van der Waals surface area contributed by atoms with E-state index in [1.165, 1.54) is 57.2 Å². The minimum atomic E-state index is 0.790. The lowest BCUT2D eigenvalue weighted by atomic mass is 10.1. The van der Waals surface area contributed by atoms with Crippen molar-refractivity contribution in [3.8, 4) is 0 Å². The fourth-order valence-corrected chi connectivity index (χ4v) is 4.10. The summed E-state index contributed by atoms with van der Waals surface area (Å²) in [6.45, 7) is 7.71. The maximum Gasteiger partial charge on any atom is 0.0349 e. The third-order valence-electron chi connectivity index (χ3n) is 3.96. The highest BCUT2D eigenvalue weighted by atomic mass is 32.2. The summed E-state index contributed by atoms with van der Waals surface area (Å²) in [6, 6.07) is 1.59. The van der Waals surface area contributed by atoms with Gasteiger partial charge in [-0.25, -0.2) is 0 Å². The van der Waals surface area contributed by atoms with Crippen LogP contribution in [0.5, 0.6) is 0 Å². The van der Waals surface area contributed by atoms with Gasteiger partial charge in [0.2, 0.25) is 0 Å². The molecule has 4 aliphatic heterocycles. The number of hydrogen-bond acceptors (Lipinski definition) is 4. The van der Waals surface area contributed by atoms with Gasteiger partial charge in [-0.3, -0.25) is 9.80 Å². The summed E-state index contributed by atoms with van der Waals surface area (Å²) < 4.78 is 0. The van der Waals surface area contributed by atoms with Crippen LogP contribution in [0, 0.1) is 0 Å². The molecule has 4 aliphatic rings. The zero-order valence-corrected chi connectivity index (χ0v) is 10.1. The Kier molecular flexibility index (Phi) is 3.20. The summed E-state index contributed by atoms with van der Waals surface area (Å²) in [7, 11) is 0. The second kappa shape index (κ2) is 4.62. The second-order valence-corrected chi connectivity index (χ2v) is 6.11. The molecule has 4 fully saturated rings. The van der Waals surface area contributed by atoms with Gasteiger partial charge in [0.25, 0.3) is 0 Å². The molecule has 3 nitrogen and oxygen atoms in total. The van der Waals surface area contributed by atoms with Gasteiger partial charge in [0.1, 0.15) is 0 Å². The van der Waals surface area contributed by atoms with Crippen LogP contribution in [0.15, 0.2) is 0 Å². The fraction of sp³-hybridized carbons (Fsp3) is 1.00. The summed E-state index contributed by atoms with van der Waals surface area (Å²) in [5, 5.41) is 3.75. The van der Waals surface area contributed by atoms with Crippen molar-refractivity contribution in [3.05, 3.63) is 0 Å². The van der Waals surface area contributed by atoms with Crippen molar-refractivity contribution >= 4 is 11.8 Å². The average Bonchev–Trinajstić information content (AvgIpc) is 2.81. The minimum absolute atomic E-state index is 0.790. The van der Waals surface area contributed by atoms with E-state index in [2.05, 4.69) is 26.9 Å². The average molecular weight is 227 g/mol. The maximum absolute atomic E-state index is 3.75. The number of fused-ring (bicyclic) bond motifs is 3. The molecule has 2 bridgehead atoms. The third kappa shape index (κ3) is 2.33. The Labute approximate surface area is 96.6 Å². The highest BCUT2D eigenvalue weighted by Crippen LogP contribution is 2.18. The maximum atomic E-state index is 3.75. The predicted octanol–water partition coefficient (Wildman–Crippen LogP) is 0.0813. The van der Waals surface area contributed by atoms with E-state index in [-0.39, 0.29) is 0 Å². The highest BCUT2D eigenvalue weighted by Gasteiger charge is 2.31. The number of nitrogens with one attached hydrogen (secondary N) is 1. The molecule has 86 valence electrons. The molecule has 2 unspecified atom stereocenters. The summed E-state index contributed by atoms with van der Waals surface area (Å²) >= 11 is 2.10. The van der Waals surface area contributed by atoms with Crippen molar-refractivity contribution in [2.75, 3.05) is 50.8 Å². The van der Waals surface area contributed by atoms with Crippen molar-refractivity contribution in [2.24, 2.45) is 0 Å². The third-order valence-corrected chi connectivity index (χ3v) is 5.13. The molecule has 0 amide bonds. The van der Waals surface area contributed by atoms with Gasteiger partial charge in [-0.1, -0.05) is 0 Å². The van der Waals surface area contributed by atoms with Gasteiger partial charge >= 0.3 is 0 Å². The molecule has 0 aromatic heterocycles. The number of thioether (sulfide) groups is 1. The van der Waals surface area contributed by atoms with Crippen LogP contribution in [-0.2, 0) is 0 Å². The SMILES string of the molecule is C1CC(NCC2CN3CCN2CC3)CS1. The van der Waals surface area contributed by atoms with Gasteiger partial charge in [0.15, 0.2) is 0 Å². The molecule has 4 heteroatoms. The highest BCUT2D eigenvalue weighted by molar-refractivity contribution is 7.99. The molecule has 4 saturated heterocycles. The Morgan fingerprint density at radius 1 is 1.20 bits per heavy atom. The van der Waals surface area contributed by atoms with Crippen LogP contribution in [0.3, 0.4) is 0 Å². The van der Waals surface area contributed by atoms with Gasteiger partial charge in [-0.2, -0.15) is 11.8 Å². The first-order valence-electron chi connectivity index (χ1n) is 6.19. The van der Waals surface area contributed by atoms with Crippen LogP contribution in [0.2, 0.25) is 0 Å². The first kappa shape index (κ1) is 10.4. The molecule has 0 aromatic carbocycles. The van der Waals surface area contributed by atoms with E-state index in [1.54, 1.807) is 0 Å². The largest absolute Gasteiger partial charge is 0.312 e. The van der Waals surface area contributed by atoms with E-state index in [1.807, 2.05) is 0 Å². The van der Waals surface area contributed by atoms with Crippen molar-refractivity contribution in [2.45, 2.75) is 18.5 Å². The lowest BCUT2D eigenvalue weighted by Crippen LogP contribution is -2.63. The molecular weight excluding hydrogens is 206 g/mol. The smallest absolute Gasteiger partial charge is 0.0349 e. The molecule has 0 radical (unpaired) electrons. The van der Waals surface area contributed by atoms with Gasteiger partial charge in [-0.15, -0.1) is 0 Å². The van der Waals surface area contributed by atoms with Crippen LogP contribution in [0.1, 0.15) is 6.42 Å². The monoisotopic (exact) mass is 227 g/mol. The molecule has 2 atom stereocenters. The molecule has 0 saturated carbocycles. The van der Waals surface area contributed by atoms with Gasteiger partial charge in [0.05, 0.1) is 0 Å². The second-order valence-electron chi connectivity index (χ2n) is 4.96. The minimum Gasteiger partial charge on any atom is -0.312 e. The van der Waals surface area contributed by atoms with E-state index in [9.17, 15) is 0 Å². The van der Waals surface area contributed by atoms with Gasteiger partial charge in [-0.05, 0) is 12.2 Å². The molecule has 0 aliphatic carbocycles. The Hall–Kier alpha value is 0.230. The van der Waals surface area contributed by atoms with Crippen molar-refractivity contribution in [1.29, 1.82) is 0 Å². The normalized spacial score (nSPS) is 44.8. The van der Waals surface area contributed by atoms with Crippen molar-refractivity contribution < 1.29 is 0 Å². The van der Waals surface area contributed by atoms with E-state index in [0.717, 1.165) is 12.1 Å². The number of piperazine rings is 3. The molecule has 0 spiro atoms. The lowest BCUT2D eigenvalue weighted by Gasteiger charge is -2.47. The first-order chi connectivity index (χ1) is 7.42. The topological polar surface area (TPSA) is 18.5 Å². The van der Waals surface area contributed by atoms with Crippen LogP contribution < -0.4 is 5.32 Å². The van der Waals surface area contributed by atoms with Crippen LogP contribution >= 0.6 is 11.8 Å². The van der Waals surface area contributed by atoms with Crippen LogP contribution in [0.25, 0.3) is 0 Å². The first-order valence-corrected chi connectivity index (χ1v) is 7.35. The van der Waals surface area contributed by atoms with Gasteiger partial charge in [0, 0.05) is 57.1 Å². The Morgan fingerprint density at radius 3 is 2.67 bits per heavy atom. The predicted molar refractivity (Wildman–Crippen MR) is 65.5 cm³/mol. The number of nitrogens with zero attached hydrogens (tertiary/aromatic N) is 2. The van der Waals surface area contributed by atoms with E-state index >= 15 is 0 Å². The summed E-state index contributed by atoms with van der Waals surface area (Å²) in [5.74, 6) is 2.69. The molecule has 4 rings (SSSR count). The summed E-state index contributed by atoms with van der Waals surface area (Å²) in [5.41, 5.74) is 0. The summed E-state index contributed by atoms with van der Waals surface area (Å²) in [4.78, 5) is 5.30. The standard InChI is InChI=1S/C11H21N3S/c1-6-15-9-10(1)12-7-11-8-13-2-4-14(11)5-3-13/h10-12H,1-9H2. The van der Waals surface area contributed by atoms with Crippen molar-refractivity contribution in [1.82, 2.24) is 15.1 Å². The van der Waals surface area contributed by atoms with Crippen LogP contribution in [-0.4, -0.2) is 72.7 Å². The Balaban J connectivity index is 1.46. The zero-order chi connectivity index (χ0) is 10.1. The van der Waals surface area contributed by atoms with Crippen LogP contribution in [0.4, 0.5) is 0 Å².